The Morgan fingerprint density at radius 2 is 1.92 bits per heavy atom. The van der Waals surface area contributed by atoms with Crippen molar-refractivity contribution in [1.82, 2.24) is 0 Å². The quantitative estimate of drug-likeness (QED) is 0.508. The molecule has 0 amide bonds. The van der Waals surface area contributed by atoms with E-state index in [9.17, 15) is 5.11 Å². The van der Waals surface area contributed by atoms with E-state index < -0.39 is 6.10 Å². The van der Waals surface area contributed by atoms with E-state index in [-0.39, 0.29) is 5.38 Å². The minimum atomic E-state index is -0.430. The maximum atomic E-state index is 9.40. The molecule has 1 N–H and O–H groups in total. The lowest BCUT2D eigenvalue weighted by Crippen LogP contribution is -2.21. The van der Waals surface area contributed by atoms with Gasteiger partial charge in [-0.2, -0.15) is 0 Å². The largest absolute Gasteiger partial charge is 0.392 e. The van der Waals surface area contributed by atoms with Crippen molar-refractivity contribution >= 4 is 23.2 Å². The highest BCUT2D eigenvalue weighted by molar-refractivity contribution is 6.28. The summed E-state index contributed by atoms with van der Waals surface area (Å²) in [7, 11) is 0. The van der Waals surface area contributed by atoms with E-state index in [1.807, 2.05) is 0 Å². The fourth-order valence-corrected chi connectivity index (χ4v) is 1.40. The first-order valence-corrected chi connectivity index (χ1v) is 5.57. The Hall–Kier alpha value is 0.540. The van der Waals surface area contributed by atoms with Crippen LogP contribution >= 0.6 is 23.2 Å². The molecule has 0 bridgehead atoms. The first kappa shape index (κ1) is 12.5. The molecule has 0 aromatic rings. The SMILES string of the molecule is CCCCCCC(O)C(Cl)CCl. The van der Waals surface area contributed by atoms with Gasteiger partial charge in [0.15, 0.2) is 0 Å². The summed E-state index contributed by atoms with van der Waals surface area (Å²) >= 11 is 11.2. The van der Waals surface area contributed by atoms with Crippen LogP contribution < -0.4 is 0 Å². The Morgan fingerprint density at radius 1 is 1.25 bits per heavy atom. The van der Waals surface area contributed by atoms with Gasteiger partial charge in [0.1, 0.15) is 0 Å². The number of alkyl halides is 2. The third-order valence-electron chi connectivity index (χ3n) is 1.92. The first-order chi connectivity index (χ1) is 5.72. The highest BCUT2D eigenvalue weighted by atomic mass is 35.5. The van der Waals surface area contributed by atoms with E-state index in [2.05, 4.69) is 6.92 Å². The van der Waals surface area contributed by atoms with Crippen LogP contribution in [-0.4, -0.2) is 22.5 Å². The van der Waals surface area contributed by atoms with Crippen LogP contribution in [0.1, 0.15) is 39.0 Å². The lowest BCUT2D eigenvalue weighted by Gasteiger charge is -2.13. The molecule has 74 valence electrons. The van der Waals surface area contributed by atoms with Crippen molar-refractivity contribution in [3.63, 3.8) is 0 Å². The zero-order chi connectivity index (χ0) is 9.40. The molecule has 0 saturated heterocycles. The molecule has 0 aromatic carbocycles. The van der Waals surface area contributed by atoms with Crippen LogP contribution in [0.5, 0.6) is 0 Å². The molecule has 3 heteroatoms. The minimum absolute atomic E-state index is 0.284. The van der Waals surface area contributed by atoms with Gasteiger partial charge in [-0.05, 0) is 6.42 Å². The van der Waals surface area contributed by atoms with Crippen LogP contribution in [-0.2, 0) is 0 Å². The topological polar surface area (TPSA) is 20.2 Å². The Bertz CT molecular complexity index is 98.5. The third kappa shape index (κ3) is 6.10. The Morgan fingerprint density at radius 3 is 2.42 bits per heavy atom. The number of halogens is 2. The highest BCUT2D eigenvalue weighted by Gasteiger charge is 2.13. The van der Waals surface area contributed by atoms with Crippen molar-refractivity contribution in [2.45, 2.75) is 50.5 Å². The van der Waals surface area contributed by atoms with Crippen molar-refractivity contribution in [2.75, 3.05) is 5.88 Å². The molecule has 12 heavy (non-hydrogen) atoms. The molecular formula is C9H18Cl2O. The van der Waals surface area contributed by atoms with Crippen LogP contribution in [0.2, 0.25) is 0 Å². The van der Waals surface area contributed by atoms with Crippen molar-refractivity contribution in [3.05, 3.63) is 0 Å². The number of hydrogen-bond donors (Lipinski definition) is 1. The minimum Gasteiger partial charge on any atom is -0.392 e. The van der Waals surface area contributed by atoms with Crippen molar-refractivity contribution in [3.8, 4) is 0 Å². The van der Waals surface area contributed by atoms with Gasteiger partial charge < -0.3 is 5.11 Å². The summed E-state index contributed by atoms with van der Waals surface area (Å²) in [6.45, 7) is 2.17. The summed E-state index contributed by atoms with van der Waals surface area (Å²) in [6.07, 6.45) is 5.03. The van der Waals surface area contributed by atoms with Gasteiger partial charge in [-0.15, -0.1) is 23.2 Å². The second-order valence-corrected chi connectivity index (χ2v) is 3.96. The highest BCUT2D eigenvalue weighted by Crippen LogP contribution is 2.12. The van der Waals surface area contributed by atoms with Crippen LogP contribution in [0.25, 0.3) is 0 Å². The predicted molar refractivity (Wildman–Crippen MR) is 55.1 cm³/mol. The summed E-state index contributed by atoms with van der Waals surface area (Å²) < 4.78 is 0. The standard InChI is InChI=1S/C9H18Cl2O/c1-2-3-4-5-6-9(12)8(11)7-10/h8-9,12H,2-7H2,1H3. The smallest absolute Gasteiger partial charge is 0.0730 e. The molecule has 0 rings (SSSR count). The predicted octanol–water partition coefficient (Wildman–Crippen LogP) is 3.16. The number of rotatable bonds is 7. The monoisotopic (exact) mass is 212 g/mol. The van der Waals surface area contributed by atoms with Crippen molar-refractivity contribution in [2.24, 2.45) is 0 Å². The van der Waals surface area contributed by atoms with E-state index in [0.717, 1.165) is 12.8 Å². The lowest BCUT2D eigenvalue weighted by atomic mass is 10.1. The van der Waals surface area contributed by atoms with Gasteiger partial charge in [-0.1, -0.05) is 32.6 Å². The molecule has 2 unspecified atom stereocenters. The second-order valence-electron chi connectivity index (χ2n) is 3.09. The summed E-state index contributed by atoms with van der Waals surface area (Å²) in [5.41, 5.74) is 0. The van der Waals surface area contributed by atoms with Gasteiger partial charge in [0, 0.05) is 5.88 Å². The molecule has 0 heterocycles. The molecule has 0 aromatic heterocycles. The van der Waals surface area contributed by atoms with Gasteiger partial charge >= 0.3 is 0 Å². The molecule has 0 aliphatic heterocycles. The lowest BCUT2D eigenvalue weighted by molar-refractivity contribution is 0.161. The number of aliphatic hydroxyl groups excluding tert-OH is 1. The Labute approximate surface area is 85.1 Å². The van der Waals surface area contributed by atoms with E-state index in [4.69, 9.17) is 23.2 Å². The molecule has 0 saturated carbocycles. The van der Waals surface area contributed by atoms with Gasteiger partial charge in [0.2, 0.25) is 0 Å². The molecule has 2 atom stereocenters. The van der Waals surface area contributed by atoms with Crippen LogP contribution in [0.3, 0.4) is 0 Å². The fraction of sp³-hybridized carbons (Fsp3) is 1.00. The van der Waals surface area contributed by atoms with Crippen LogP contribution in [0.4, 0.5) is 0 Å². The number of hydrogen-bond acceptors (Lipinski definition) is 1. The summed E-state index contributed by atoms with van der Waals surface area (Å²) in [4.78, 5) is 0. The molecule has 0 aliphatic carbocycles. The summed E-state index contributed by atoms with van der Waals surface area (Å²) in [5.74, 6) is 0.330. The molecule has 1 nitrogen and oxygen atoms in total. The molecule has 0 radical (unpaired) electrons. The van der Waals surface area contributed by atoms with Crippen LogP contribution in [0.15, 0.2) is 0 Å². The molecule has 0 fully saturated rings. The van der Waals surface area contributed by atoms with E-state index in [0.29, 0.717) is 5.88 Å². The molecular weight excluding hydrogens is 195 g/mol. The van der Waals surface area contributed by atoms with Crippen molar-refractivity contribution in [1.29, 1.82) is 0 Å². The van der Waals surface area contributed by atoms with Gasteiger partial charge in [-0.25, -0.2) is 0 Å². The Balaban J connectivity index is 3.24. The zero-order valence-corrected chi connectivity index (χ0v) is 9.11. The number of aliphatic hydroxyl groups is 1. The zero-order valence-electron chi connectivity index (χ0n) is 7.60. The fourth-order valence-electron chi connectivity index (χ4n) is 1.06. The normalized spacial score (nSPS) is 16.0. The van der Waals surface area contributed by atoms with E-state index in [1.165, 1.54) is 19.3 Å². The number of unbranched alkanes of at least 4 members (excludes halogenated alkanes) is 3. The molecule has 0 aliphatic rings. The summed E-state index contributed by atoms with van der Waals surface area (Å²) in [5, 5.41) is 9.12. The molecule has 0 spiro atoms. The maximum absolute atomic E-state index is 9.40. The Kier molecular flexibility index (Phi) is 8.52. The van der Waals surface area contributed by atoms with Crippen molar-refractivity contribution < 1.29 is 5.11 Å². The van der Waals surface area contributed by atoms with E-state index >= 15 is 0 Å². The van der Waals surface area contributed by atoms with Gasteiger partial charge in [0.05, 0.1) is 11.5 Å². The van der Waals surface area contributed by atoms with E-state index in [1.54, 1.807) is 0 Å². The van der Waals surface area contributed by atoms with Gasteiger partial charge in [0.25, 0.3) is 0 Å². The maximum Gasteiger partial charge on any atom is 0.0730 e. The second kappa shape index (κ2) is 8.15. The van der Waals surface area contributed by atoms with Crippen LogP contribution in [0, 0.1) is 0 Å². The summed E-state index contributed by atoms with van der Waals surface area (Å²) in [6, 6.07) is 0. The first-order valence-electron chi connectivity index (χ1n) is 4.60. The van der Waals surface area contributed by atoms with Gasteiger partial charge in [-0.3, -0.25) is 0 Å². The third-order valence-corrected chi connectivity index (χ3v) is 2.85. The average Bonchev–Trinajstić information content (AvgIpc) is 2.10. The average molecular weight is 213 g/mol.